The van der Waals surface area contributed by atoms with E-state index in [-0.39, 0.29) is 5.91 Å². The van der Waals surface area contributed by atoms with Gasteiger partial charge in [-0.1, -0.05) is 43.0 Å². The molecule has 0 radical (unpaired) electrons. The third-order valence-corrected chi connectivity index (χ3v) is 6.00. The maximum absolute atomic E-state index is 12.4. The molecule has 1 heterocycles. The summed E-state index contributed by atoms with van der Waals surface area (Å²) >= 11 is 5.92. The van der Waals surface area contributed by atoms with E-state index in [1.54, 1.807) is 0 Å². The molecule has 1 amide bonds. The second-order valence-electron chi connectivity index (χ2n) is 7.71. The van der Waals surface area contributed by atoms with E-state index in [1.165, 1.54) is 63.7 Å². The fourth-order valence-corrected chi connectivity index (χ4v) is 4.40. The van der Waals surface area contributed by atoms with Gasteiger partial charge < -0.3 is 10.2 Å². The van der Waals surface area contributed by atoms with E-state index < -0.39 is 0 Å². The number of carbonyl (C=O) groups is 1. The van der Waals surface area contributed by atoms with Crippen LogP contribution in [0.5, 0.6) is 0 Å². The molecule has 1 aromatic carbocycles. The number of piperidine rings is 1. The minimum Gasteiger partial charge on any atom is -0.353 e. The molecule has 2 aliphatic rings. The number of amides is 1. The number of rotatable bonds is 6. The Morgan fingerprint density at radius 2 is 1.76 bits per heavy atom. The van der Waals surface area contributed by atoms with Crippen LogP contribution >= 0.6 is 11.6 Å². The smallest absolute Gasteiger partial charge is 0.220 e. The number of likely N-dealkylation sites (tertiary alicyclic amines) is 1. The van der Waals surface area contributed by atoms with Crippen LogP contribution in [-0.4, -0.2) is 36.5 Å². The molecule has 1 aliphatic heterocycles. The minimum atomic E-state index is 0.200. The summed E-state index contributed by atoms with van der Waals surface area (Å²) in [6.07, 6.45) is 10.4. The Morgan fingerprint density at radius 1 is 1.04 bits per heavy atom. The summed E-state index contributed by atoms with van der Waals surface area (Å²) in [6, 6.07) is 8.17. The zero-order chi connectivity index (χ0) is 17.5. The van der Waals surface area contributed by atoms with Crippen LogP contribution in [-0.2, 0) is 11.2 Å². The van der Waals surface area contributed by atoms with Crippen LogP contribution in [0.15, 0.2) is 24.3 Å². The van der Waals surface area contributed by atoms with Crippen molar-refractivity contribution >= 4 is 17.5 Å². The average molecular weight is 363 g/mol. The molecule has 1 N–H and O–H groups in total. The summed E-state index contributed by atoms with van der Waals surface area (Å²) in [7, 11) is 0. The first kappa shape index (κ1) is 18.7. The molecule has 2 atom stereocenters. The lowest BCUT2D eigenvalue weighted by Crippen LogP contribution is -2.47. The highest BCUT2D eigenvalue weighted by Crippen LogP contribution is 2.26. The lowest BCUT2D eigenvalue weighted by atomic mass is 9.83. The Balaban J connectivity index is 1.46. The topological polar surface area (TPSA) is 32.3 Å². The Hall–Kier alpha value is -1.06. The summed E-state index contributed by atoms with van der Waals surface area (Å²) in [5, 5.41) is 4.09. The van der Waals surface area contributed by atoms with E-state index >= 15 is 0 Å². The van der Waals surface area contributed by atoms with Gasteiger partial charge in [0.25, 0.3) is 0 Å². The SMILES string of the molecule is O=C(CCc1ccc(Cl)cc1)NC1CCCCC1CN1CCCCC1. The van der Waals surface area contributed by atoms with Crippen molar-refractivity contribution in [2.45, 2.75) is 63.8 Å². The van der Waals surface area contributed by atoms with Crippen molar-refractivity contribution in [3.05, 3.63) is 34.9 Å². The first-order valence-electron chi connectivity index (χ1n) is 9.97. The van der Waals surface area contributed by atoms with Crippen LogP contribution in [0.25, 0.3) is 0 Å². The number of carbonyl (C=O) groups excluding carboxylic acids is 1. The Labute approximate surface area is 157 Å². The molecular weight excluding hydrogens is 332 g/mol. The van der Waals surface area contributed by atoms with Gasteiger partial charge in [-0.3, -0.25) is 4.79 Å². The average Bonchev–Trinajstić information content (AvgIpc) is 2.64. The molecule has 138 valence electrons. The van der Waals surface area contributed by atoms with Gasteiger partial charge in [0.1, 0.15) is 0 Å². The predicted octanol–water partition coefficient (Wildman–Crippen LogP) is 4.43. The molecule has 2 fully saturated rings. The molecule has 2 unspecified atom stereocenters. The summed E-state index contributed by atoms with van der Waals surface area (Å²) < 4.78 is 0. The third-order valence-electron chi connectivity index (χ3n) is 5.75. The zero-order valence-corrected chi connectivity index (χ0v) is 15.9. The second-order valence-corrected chi connectivity index (χ2v) is 8.14. The highest BCUT2D eigenvalue weighted by Gasteiger charge is 2.28. The Bertz CT molecular complexity index is 539. The van der Waals surface area contributed by atoms with Crippen molar-refractivity contribution in [1.82, 2.24) is 10.2 Å². The third kappa shape index (κ3) is 6.00. The van der Waals surface area contributed by atoms with Gasteiger partial charge in [0.05, 0.1) is 0 Å². The number of aryl methyl sites for hydroxylation is 1. The van der Waals surface area contributed by atoms with E-state index in [0.29, 0.717) is 18.4 Å². The first-order chi connectivity index (χ1) is 12.2. The molecule has 3 rings (SSSR count). The molecule has 1 saturated carbocycles. The molecule has 1 aromatic rings. The highest BCUT2D eigenvalue weighted by atomic mass is 35.5. The molecule has 1 saturated heterocycles. The quantitative estimate of drug-likeness (QED) is 0.811. The summed E-state index contributed by atoms with van der Waals surface area (Å²) in [6.45, 7) is 3.66. The lowest BCUT2D eigenvalue weighted by molar-refractivity contribution is -0.122. The highest BCUT2D eigenvalue weighted by molar-refractivity contribution is 6.30. The van der Waals surface area contributed by atoms with Crippen molar-refractivity contribution in [3.63, 3.8) is 0 Å². The van der Waals surface area contributed by atoms with Crippen molar-refractivity contribution in [3.8, 4) is 0 Å². The predicted molar refractivity (Wildman–Crippen MR) is 104 cm³/mol. The largest absolute Gasteiger partial charge is 0.353 e. The van der Waals surface area contributed by atoms with Gasteiger partial charge in [-0.05, 0) is 68.8 Å². The first-order valence-corrected chi connectivity index (χ1v) is 10.3. The Morgan fingerprint density at radius 3 is 2.52 bits per heavy atom. The van der Waals surface area contributed by atoms with Gasteiger partial charge in [-0.2, -0.15) is 0 Å². The van der Waals surface area contributed by atoms with Crippen LogP contribution in [0.4, 0.5) is 0 Å². The fraction of sp³-hybridized carbons (Fsp3) is 0.667. The summed E-state index contributed by atoms with van der Waals surface area (Å²) in [4.78, 5) is 15.1. The summed E-state index contributed by atoms with van der Waals surface area (Å²) in [5.41, 5.74) is 1.17. The zero-order valence-electron chi connectivity index (χ0n) is 15.2. The van der Waals surface area contributed by atoms with Crippen LogP contribution < -0.4 is 5.32 Å². The monoisotopic (exact) mass is 362 g/mol. The molecule has 0 bridgehead atoms. The normalized spacial score (nSPS) is 24.8. The maximum Gasteiger partial charge on any atom is 0.220 e. The van der Waals surface area contributed by atoms with E-state index in [1.807, 2.05) is 24.3 Å². The van der Waals surface area contributed by atoms with Crippen LogP contribution in [0.2, 0.25) is 5.02 Å². The lowest BCUT2D eigenvalue weighted by Gasteiger charge is -2.37. The van der Waals surface area contributed by atoms with Gasteiger partial charge in [-0.25, -0.2) is 0 Å². The minimum absolute atomic E-state index is 0.200. The molecule has 1 aliphatic carbocycles. The van der Waals surface area contributed by atoms with E-state index in [0.717, 1.165) is 17.9 Å². The molecule has 4 heteroatoms. The molecule has 0 spiro atoms. The van der Waals surface area contributed by atoms with Crippen LogP contribution in [0.1, 0.15) is 56.9 Å². The second kappa shape index (κ2) is 9.59. The van der Waals surface area contributed by atoms with Gasteiger partial charge in [0.15, 0.2) is 0 Å². The van der Waals surface area contributed by atoms with Crippen molar-refractivity contribution in [1.29, 1.82) is 0 Å². The van der Waals surface area contributed by atoms with Crippen LogP contribution in [0.3, 0.4) is 0 Å². The molecule has 25 heavy (non-hydrogen) atoms. The van der Waals surface area contributed by atoms with E-state index in [9.17, 15) is 4.79 Å². The number of hydrogen-bond donors (Lipinski definition) is 1. The standard InChI is InChI=1S/C21H31ClN2O/c22-19-11-8-17(9-12-19)10-13-21(25)23-20-7-3-2-6-18(20)16-24-14-4-1-5-15-24/h8-9,11-12,18,20H,1-7,10,13-16H2,(H,23,25). The van der Waals surface area contributed by atoms with Gasteiger partial charge in [0.2, 0.25) is 5.91 Å². The fourth-order valence-electron chi connectivity index (χ4n) is 4.28. The van der Waals surface area contributed by atoms with E-state index in [2.05, 4.69) is 10.2 Å². The van der Waals surface area contributed by atoms with Crippen molar-refractivity contribution in [2.24, 2.45) is 5.92 Å². The number of halogens is 1. The number of benzene rings is 1. The molecule has 0 aromatic heterocycles. The van der Waals surface area contributed by atoms with Crippen LogP contribution in [0, 0.1) is 5.92 Å². The van der Waals surface area contributed by atoms with Crippen molar-refractivity contribution < 1.29 is 4.79 Å². The Kier molecular flexibility index (Phi) is 7.18. The number of nitrogens with zero attached hydrogens (tertiary/aromatic N) is 1. The van der Waals surface area contributed by atoms with Gasteiger partial charge in [-0.15, -0.1) is 0 Å². The maximum atomic E-state index is 12.4. The number of hydrogen-bond acceptors (Lipinski definition) is 2. The molecule has 3 nitrogen and oxygen atoms in total. The van der Waals surface area contributed by atoms with E-state index in [4.69, 9.17) is 11.6 Å². The van der Waals surface area contributed by atoms with Crippen molar-refractivity contribution in [2.75, 3.05) is 19.6 Å². The van der Waals surface area contributed by atoms with Gasteiger partial charge in [0, 0.05) is 24.0 Å². The molecular formula is C21H31ClN2O. The summed E-state index contributed by atoms with van der Waals surface area (Å²) in [5.74, 6) is 0.830. The number of nitrogens with one attached hydrogen (secondary N) is 1. The van der Waals surface area contributed by atoms with Gasteiger partial charge >= 0.3 is 0 Å².